The highest BCUT2D eigenvalue weighted by Gasteiger charge is 2.51. The van der Waals surface area contributed by atoms with E-state index in [4.69, 9.17) is 4.74 Å². The molecule has 0 heterocycles. The van der Waals surface area contributed by atoms with Gasteiger partial charge in [0.15, 0.2) is 0 Å². The fourth-order valence-corrected chi connectivity index (χ4v) is 6.73. The van der Waals surface area contributed by atoms with Crippen LogP contribution in [-0.4, -0.2) is 39.8 Å². The lowest BCUT2D eigenvalue weighted by atomic mass is 9.53. The van der Waals surface area contributed by atoms with Crippen LogP contribution in [0.4, 0.5) is 5.69 Å². The molecule has 4 aliphatic rings. The van der Waals surface area contributed by atoms with Crippen LogP contribution in [0, 0.1) is 17.8 Å². The van der Waals surface area contributed by atoms with Crippen molar-refractivity contribution in [2.45, 2.75) is 44.1 Å². The third-order valence-corrected chi connectivity index (χ3v) is 7.63. The summed E-state index contributed by atoms with van der Waals surface area (Å²) >= 11 is 0. The highest BCUT2D eigenvalue weighted by Crippen LogP contribution is 2.55. The van der Waals surface area contributed by atoms with Crippen LogP contribution in [0.3, 0.4) is 0 Å². The summed E-state index contributed by atoms with van der Waals surface area (Å²) in [5.41, 5.74) is 0.355. The van der Waals surface area contributed by atoms with E-state index in [1.807, 2.05) is 0 Å². The molecule has 7 heteroatoms. The lowest BCUT2D eigenvalue weighted by Gasteiger charge is -2.57. The number of methoxy groups -OCH3 is 1. The average Bonchev–Trinajstić information content (AvgIpc) is 2.57. The third-order valence-electron chi connectivity index (χ3n) is 6.49. The fraction of sp³-hybridized carbons (Fsp3) is 0.650. The lowest BCUT2D eigenvalue weighted by molar-refractivity contribution is -0.125. The van der Waals surface area contributed by atoms with Gasteiger partial charge in [0.25, 0.3) is 0 Å². The van der Waals surface area contributed by atoms with Crippen LogP contribution in [0.2, 0.25) is 0 Å². The van der Waals surface area contributed by atoms with Crippen molar-refractivity contribution < 1.29 is 17.9 Å². The van der Waals surface area contributed by atoms with Crippen molar-refractivity contribution >= 4 is 21.6 Å². The molecule has 0 saturated heterocycles. The van der Waals surface area contributed by atoms with Crippen molar-refractivity contribution in [3.05, 3.63) is 24.3 Å². The van der Waals surface area contributed by atoms with Crippen LogP contribution in [0.15, 0.2) is 24.3 Å². The number of sulfonamides is 1. The largest absolute Gasteiger partial charge is 0.497 e. The van der Waals surface area contributed by atoms with Gasteiger partial charge in [0.1, 0.15) is 12.3 Å². The number of anilines is 1. The zero-order valence-electron chi connectivity index (χ0n) is 16.0. The SMILES string of the molecule is COc1ccc(N(CC(=O)NC23CC4CC(CC(C4)C2)C3)S(C)(=O)=O)cc1. The number of benzene rings is 1. The fourth-order valence-electron chi connectivity index (χ4n) is 5.88. The van der Waals surface area contributed by atoms with E-state index < -0.39 is 10.0 Å². The maximum atomic E-state index is 12.8. The summed E-state index contributed by atoms with van der Waals surface area (Å²) in [6.07, 6.45) is 8.18. The first kappa shape index (κ1) is 18.6. The molecule has 0 spiro atoms. The molecular formula is C20H28N2O4S. The Balaban J connectivity index is 1.49. The number of ether oxygens (including phenoxy) is 1. The number of carbonyl (C=O) groups is 1. The van der Waals surface area contributed by atoms with Crippen molar-refractivity contribution in [3.63, 3.8) is 0 Å². The standard InChI is InChI=1S/C20H28N2O4S/c1-26-18-5-3-17(4-6-18)22(27(2,24)25)13-19(23)21-20-10-14-7-15(11-20)9-16(8-14)12-20/h3-6,14-16H,7-13H2,1-2H3,(H,21,23). The molecular weight excluding hydrogens is 364 g/mol. The minimum Gasteiger partial charge on any atom is -0.497 e. The number of carbonyl (C=O) groups excluding carboxylic acids is 1. The quantitative estimate of drug-likeness (QED) is 0.807. The lowest BCUT2D eigenvalue weighted by Crippen LogP contribution is -2.61. The molecule has 0 aliphatic heterocycles. The van der Waals surface area contributed by atoms with Crippen molar-refractivity contribution in [3.8, 4) is 5.75 Å². The third kappa shape index (κ3) is 3.79. The Morgan fingerprint density at radius 3 is 2.07 bits per heavy atom. The van der Waals surface area contributed by atoms with Crippen LogP contribution in [0.25, 0.3) is 0 Å². The molecule has 0 unspecified atom stereocenters. The molecule has 1 N–H and O–H groups in total. The normalized spacial score (nSPS) is 31.6. The van der Waals surface area contributed by atoms with Gasteiger partial charge >= 0.3 is 0 Å². The Labute approximate surface area is 161 Å². The summed E-state index contributed by atoms with van der Waals surface area (Å²) in [4.78, 5) is 12.8. The topological polar surface area (TPSA) is 75.7 Å². The van der Waals surface area contributed by atoms with Gasteiger partial charge in [0.05, 0.1) is 19.1 Å². The summed E-state index contributed by atoms with van der Waals surface area (Å²) in [7, 11) is -2.01. The second-order valence-corrected chi connectivity index (χ2v) is 10.6. The first-order valence-electron chi connectivity index (χ1n) is 9.69. The maximum Gasteiger partial charge on any atom is 0.241 e. The maximum absolute atomic E-state index is 12.8. The van der Waals surface area contributed by atoms with Gasteiger partial charge in [-0.25, -0.2) is 8.42 Å². The summed E-state index contributed by atoms with van der Waals surface area (Å²) in [6.45, 7) is -0.188. The van der Waals surface area contributed by atoms with E-state index >= 15 is 0 Å². The Hall–Kier alpha value is -1.76. The van der Waals surface area contributed by atoms with Crippen molar-refractivity contribution in [2.24, 2.45) is 17.8 Å². The van der Waals surface area contributed by atoms with Gasteiger partial charge in [0, 0.05) is 5.54 Å². The number of nitrogens with zero attached hydrogens (tertiary/aromatic N) is 1. The molecule has 0 atom stereocenters. The molecule has 1 aromatic rings. The van der Waals surface area contributed by atoms with Gasteiger partial charge in [-0.1, -0.05) is 0 Å². The molecule has 4 aliphatic carbocycles. The number of nitrogens with one attached hydrogen (secondary N) is 1. The number of hydrogen-bond donors (Lipinski definition) is 1. The van der Waals surface area contributed by atoms with Crippen LogP contribution in [-0.2, 0) is 14.8 Å². The number of amides is 1. The van der Waals surface area contributed by atoms with E-state index in [1.54, 1.807) is 31.4 Å². The molecule has 5 rings (SSSR count). The summed E-state index contributed by atoms with van der Waals surface area (Å²) in [5.74, 6) is 2.61. The minimum atomic E-state index is -3.57. The summed E-state index contributed by atoms with van der Waals surface area (Å²) in [6, 6.07) is 6.73. The monoisotopic (exact) mass is 392 g/mol. The molecule has 1 amide bonds. The Kier molecular flexibility index (Phi) is 4.61. The van der Waals surface area contributed by atoms with Gasteiger partial charge in [-0.3, -0.25) is 9.10 Å². The molecule has 0 aromatic heterocycles. The Morgan fingerprint density at radius 2 is 1.63 bits per heavy atom. The average molecular weight is 393 g/mol. The van der Waals surface area contributed by atoms with Crippen LogP contribution in [0.5, 0.6) is 5.75 Å². The summed E-state index contributed by atoms with van der Waals surface area (Å²) < 4.78 is 30.9. The van der Waals surface area contributed by atoms with Crippen LogP contribution < -0.4 is 14.4 Å². The molecule has 6 nitrogen and oxygen atoms in total. The molecule has 0 radical (unpaired) electrons. The molecule has 4 fully saturated rings. The highest BCUT2D eigenvalue weighted by atomic mass is 32.2. The van der Waals surface area contributed by atoms with Crippen molar-refractivity contribution in [2.75, 3.05) is 24.2 Å². The molecule has 27 heavy (non-hydrogen) atoms. The van der Waals surface area contributed by atoms with Gasteiger partial charge in [-0.15, -0.1) is 0 Å². The number of hydrogen-bond acceptors (Lipinski definition) is 4. The predicted octanol–water partition coefficient (Wildman–Crippen LogP) is 2.55. The smallest absolute Gasteiger partial charge is 0.241 e. The van der Waals surface area contributed by atoms with Crippen LogP contribution in [0.1, 0.15) is 38.5 Å². The van der Waals surface area contributed by atoms with Gasteiger partial charge < -0.3 is 10.1 Å². The minimum absolute atomic E-state index is 0.116. The first-order chi connectivity index (χ1) is 12.8. The Bertz CT molecular complexity index is 784. The second kappa shape index (κ2) is 6.69. The first-order valence-corrected chi connectivity index (χ1v) is 11.5. The van der Waals surface area contributed by atoms with Gasteiger partial charge in [0.2, 0.25) is 15.9 Å². The van der Waals surface area contributed by atoms with E-state index in [0.29, 0.717) is 11.4 Å². The second-order valence-electron chi connectivity index (χ2n) is 8.71. The predicted molar refractivity (Wildman–Crippen MR) is 104 cm³/mol. The van der Waals surface area contributed by atoms with E-state index in [2.05, 4.69) is 5.32 Å². The van der Waals surface area contributed by atoms with E-state index in [1.165, 1.54) is 23.6 Å². The molecule has 1 aromatic carbocycles. The van der Waals surface area contributed by atoms with Crippen molar-refractivity contribution in [1.29, 1.82) is 0 Å². The molecule has 148 valence electrons. The van der Waals surface area contributed by atoms with Gasteiger partial charge in [-0.05, 0) is 80.5 Å². The zero-order chi connectivity index (χ0) is 19.2. The number of rotatable bonds is 6. The van der Waals surface area contributed by atoms with Gasteiger partial charge in [-0.2, -0.15) is 0 Å². The summed E-state index contributed by atoms with van der Waals surface area (Å²) in [5, 5.41) is 3.25. The van der Waals surface area contributed by atoms with Crippen molar-refractivity contribution in [1.82, 2.24) is 5.32 Å². The highest BCUT2D eigenvalue weighted by molar-refractivity contribution is 7.92. The molecule has 4 bridgehead atoms. The molecule has 4 saturated carbocycles. The van der Waals surface area contributed by atoms with E-state index in [0.717, 1.165) is 43.3 Å². The van der Waals surface area contributed by atoms with E-state index in [9.17, 15) is 13.2 Å². The van der Waals surface area contributed by atoms with Crippen LogP contribution >= 0.6 is 0 Å². The zero-order valence-corrected chi connectivity index (χ0v) is 16.8. The Morgan fingerprint density at radius 1 is 1.11 bits per heavy atom. The van der Waals surface area contributed by atoms with E-state index in [-0.39, 0.29) is 18.0 Å².